The minimum absolute atomic E-state index is 0.111. The molecule has 0 radical (unpaired) electrons. The number of hydrogen-bond donors (Lipinski definition) is 2. The Morgan fingerprint density at radius 2 is 2.19 bits per heavy atom. The summed E-state index contributed by atoms with van der Waals surface area (Å²) in [6.45, 7) is 1.63. The molecular formula is C14H16ClF3N2O. The Kier molecular flexibility index (Phi) is 5.11. The number of para-hydroxylation sites is 1. The summed E-state index contributed by atoms with van der Waals surface area (Å²) >= 11 is 5.80. The van der Waals surface area contributed by atoms with Gasteiger partial charge in [-0.2, -0.15) is 13.2 Å². The molecular weight excluding hydrogens is 305 g/mol. The molecule has 2 N–H and O–H groups in total. The molecule has 7 heteroatoms. The second-order valence-electron chi connectivity index (χ2n) is 5.12. The van der Waals surface area contributed by atoms with Gasteiger partial charge in [0.2, 0.25) is 5.91 Å². The van der Waals surface area contributed by atoms with Crippen molar-refractivity contribution in [3.63, 3.8) is 0 Å². The van der Waals surface area contributed by atoms with E-state index in [0.29, 0.717) is 6.54 Å². The maximum atomic E-state index is 12.9. The van der Waals surface area contributed by atoms with Crippen LogP contribution in [0, 0.1) is 5.92 Å². The lowest BCUT2D eigenvalue weighted by Crippen LogP contribution is -2.32. The summed E-state index contributed by atoms with van der Waals surface area (Å²) in [6, 6.07) is 3.45. The van der Waals surface area contributed by atoms with Gasteiger partial charge in [-0.15, -0.1) is 0 Å². The van der Waals surface area contributed by atoms with E-state index in [-0.39, 0.29) is 23.0 Å². The Morgan fingerprint density at radius 3 is 2.81 bits per heavy atom. The highest BCUT2D eigenvalue weighted by molar-refractivity contribution is 6.34. The van der Waals surface area contributed by atoms with Crippen LogP contribution < -0.4 is 10.6 Å². The predicted octanol–water partition coefficient (Wildman–Crippen LogP) is 3.69. The fourth-order valence-corrected chi connectivity index (χ4v) is 2.66. The van der Waals surface area contributed by atoms with Crippen molar-refractivity contribution in [3.8, 4) is 0 Å². The molecule has 21 heavy (non-hydrogen) atoms. The number of halogens is 4. The Bertz CT molecular complexity index is 513. The van der Waals surface area contributed by atoms with E-state index in [9.17, 15) is 18.0 Å². The van der Waals surface area contributed by atoms with Crippen LogP contribution in [-0.4, -0.2) is 19.0 Å². The third-order valence-corrected chi connectivity index (χ3v) is 3.77. The second kappa shape index (κ2) is 6.66. The first-order valence-corrected chi connectivity index (χ1v) is 7.12. The standard InChI is InChI=1S/C14H16ClF3N2O/c15-11-5-1-4-10(14(16,17)18)13(11)20-12(21)7-9-3-2-6-19-8-9/h1,4-5,9,19H,2-3,6-8H2,(H,20,21). The fourth-order valence-electron chi connectivity index (χ4n) is 2.44. The van der Waals surface area contributed by atoms with Crippen molar-refractivity contribution in [2.75, 3.05) is 18.4 Å². The molecule has 116 valence electrons. The van der Waals surface area contributed by atoms with Gasteiger partial charge in [-0.25, -0.2) is 0 Å². The number of benzene rings is 1. The van der Waals surface area contributed by atoms with E-state index in [4.69, 9.17) is 11.6 Å². The topological polar surface area (TPSA) is 41.1 Å². The fraction of sp³-hybridized carbons (Fsp3) is 0.500. The number of rotatable bonds is 3. The lowest BCUT2D eigenvalue weighted by Gasteiger charge is -2.22. The molecule has 1 amide bonds. The molecule has 1 aromatic rings. The maximum absolute atomic E-state index is 12.9. The molecule has 0 aliphatic carbocycles. The van der Waals surface area contributed by atoms with Crippen LogP contribution in [0.25, 0.3) is 0 Å². The third-order valence-electron chi connectivity index (χ3n) is 3.46. The number of carbonyl (C=O) groups excluding carboxylic acids is 1. The van der Waals surface area contributed by atoms with Gasteiger partial charge in [0.15, 0.2) is 0 Å². The van der Waals surface area contributed by atoms with Gasteiger partial charge in [-0.05, 0) is 44.0 Å². The summed E-state index contributed by atoms with van der Waals surface area (Å²) in [7, 11) is 0. The zero-order chi connectivity index (χ0) is 15.5. The van der Waals surface area contributed by atoms with Crippen molar-refractivity contribution in [1.82, 2.24) is 5.32 Å². The van der Waals surface area contributed by atoms with Crippen LogP contribution in [0.4, 0.5) is 18.9 Å². The Hall–Kier alpha value is -1.27. The molecule has 1 unspecified atom stereocenters. The maximum Gasteiger partial charge on any atom is 0.418 e. The Balaban J connectivity index is 2.09. The van der Waals surface area contributed by atoms with Gasteiger partial charge in [-0.3, -0.25) is 4.79 Å². The lowest BCUT2D eigenvalue weighted by atomic mass is 9.96. The van der Waals surface area contributed by atoms with Gasteiger partial charge in [0.1, 0.15) is 0 Å². The largest absolute Gasteiger partial charge is 0.418 e. The van der Waals surface area contributed by atoms with Crippen molar-refractivity contribution < 1.29 is 18.0 Å². The molecule has 0 saturated carbocycles. The molecule has 3 nitrogen and oxygen atoms in total. The number of carbonyl (C=O) groups is 1. The predicted molar refractivity (Wildman–Crippen MR) is 75.3 cm³/mol. The summed E-state index contributed by atoms with van der Waals surface area (Å²) in [6.07, 6.45) is -2.50. The van der Waals surface area contributed by atoms with Gasteiger partial charge in [0, 0.05) is 6.42 Å². The molecule has 1 heterocycles. The van der Waals surface area contributed by atoms with Crippen molar-refractivity contribution in [3.05, 3.63) is 28.8 Å². The van der Waals surface area contributed by atoms with E-state index in [0.717, 1.165) is 25.5 Å². The van der Waals surface area contributed by atoms with E-state index in [1.54, 1.807) is 0 Å². The first-order chi connectivity index (χ1) is 9.88. The Morgan fingerprint density at radius 1 is 1.43 bits per heavy atom. The average molecular weight is 321 g/mol. The average Bonchev–Trinajstić information content (AvgIpc) is 2.41. The molecule has 1 aliphatic heterocycles. The second-order valence-corrected chi connectivity index (χ2v) is 5.53. The van der Waals surface area contributed by atoms with Gasteiger partial charge in [0.05, 0.1) is 16.3 Å². The molecule has 2 rings (SSSR count). The first-order valence-electron chi connectivity index (χ1n) is 6.74. The summed E-state index contributed by atoms with van der Waals surface area (Å²) in [5, 5.41) is 5.37. The number of piperidine rings is 1. The van der Waals surface area contributed by atoms with E-state index < -0.39 is 17.6 Å². The van der Waals surface area contributed by atoms with Crippen LogP contribution in [0.5, 0.6) is 0 Å². The smallest absolute Gasteiger partial charge is 0.324 e. The molecule has 1 atom stereocenters. The van der Waals surface area contributed by atoms with Crippen LogP contribution in [-0.2, 0) is 11.0 Å². The number of anilines is 1. The third kappa shape index (κ3) is 4.35. The highest BCUT2D eigenvalue weighted by atomic mass is 35.5. The number of nitrogens with one attached hydrogen (secondary N) is 2. The van der Waals surface area contributed by atoms with E-state index in [2.05, 4.69) is 10.6 Å². The molecule has 1 aliphatic rings. The summed E-state index contributed by atoms with van der Waals surface area (Å²) < 4.78 is 38.8. The minimum atomic E-state index is -4.56. The van der Waals surface area contributed by atoms with E-state index in [1.807, 2.05) is 0 Å². The number of amides is 1. The number of hydrogen-bond acceptors (Lipinski definition) is 2. The SMILES string of the molecule is O=C(CC1CCCNC1)Nc1c(Cl)cccc1C(F)(F)F. The monoisotopic (exact) mass is 320 g/mol. The lowest BCUT2D eigenvalue weighted by molar-refractivity contribution is -0.137. The van der Waals surface area contributed by atoms with Gasteiger partial charge < -0.3 is 10.6 Å². The first kappa shape index (κ1) is 16.1. The quantitative estimate of drug-likeness (QED) is 0.892. The summed E-state index contributed by atoms with van der Waals surface area (Å²) in [5.41, 5.74) is -1.29. The molecule has 0 aromatic heterocycles. The normalized spacial score (nSPS) is 19.3. The van der Waals surface area contributed by atoms with Crippen molar-refractivity contribution in [2.45, 2.75) is 25.4 Å². The highest BCUT2D eigenvalue weighted by Crippen LogP contribution is 2.38. The zero-order valence-electron chi connectivity index (χ0n) is 11.3. The van der Waals surface area contributed by atoms with E-state index in [1.165, 1.54) is 12.1 Å². The van der Waals surface area contributed by atoms with Crippen LogP contribution in [0.2, 0.25) is 5.02 Å². The summed E-state index contributed by atoms with van der Waals surface area (Å²) in [5.74, 6) is -0.294. The minimum Gasteiger partial charge on any atom is -0.324 e. The van der Waals surface area contributed by atoms with Gasteiger partial charge in [0.25, 0.3) is 0 Å². The summed E-state index contributed by atoms with van der Waals surface area (Å²) in [4.78, 5) is 11.9. The molecule has 0 bridgehead atoms. The van der Waals surface area contributed by atoms with Gasteiger partial charge >= 0.3 is 6.18 Å². The Labute approximate surface area is 125 Å². The molecule has 1 aromatic carbocycles. The highest BCUT2D eigenvalue weighted by Gasteiger charge is 2.34. The van der Waals surface area contributed by atoms with Crippen LogP contribution >= 0.6 is 11.6 Å². The van der Waals surface area contributed by atoms with Crippen LogP contribution in [0.1, 0.15) is 24.8 Å². The van der Waals surface area contributed by atoms with Crippen molar-refractivity contribution in [1.29, 1.82) is 0 Å². The number of alkyl halides is 3. The van der Waals surface area contributed by atoms with E-state index >= 15 is 0 Å². The molecule has 0 spiro atoms. The molecule has 1 saturated heterocycles. The van der Waals surface area contributed by atoms with Crippen LogP contribution in [0.15, 0.2) is 18.2 Å². The van der Waals surface area contributed by atoms with Crippen molar-refractivity contribution >= 4 is 23.2 Å². The van der Waals surface area contributed by atoms with Crippen molar-refractivity contribution in [2.24, 2.45) is 5.92 Å². The molecule has 1 fully saturated rings. The van der Waals surface area contributed by atoms with Crippen LogP contribution in [0.3, 0.4) is 0 Å². The zero-order valence-corrected chi connectivity index (χ0v) is 12.0. The van der Waals surface area contributed by atoms with Gasteiger partial charge in [-0.1, -0.05) is 17.7 Å².